The van der Waals surface area contributed by atoms with Crippen molar-refractivity contribution in [1.82, 2.24) is 30.2 Å². The van der Waals surface area contributed by atoms with E-state index in [2.05, 4.69) is 62.2 Å². The average molecular weight is 917 g/mol. The van der Waals surface area contributed by atoms with Crippen molar-refractivity contribution in [3.8, 4) is 11.5 Å². The predicted molar refractivity (Wildman–Crippen MR) is 254 cm³/mol. The molecule has 2 heterocycles. The quantitative estimate of drug-likeness (QED) is 0.0863. The molecular weight excluding hydrogens is 847 g/mol. The molecule has 2 saturated heterocycles. The van der Waals surface area contributed by atoms with Crippen LogP contribution >= 0.6 is 0 Å². The summed E-state index contributed by atoms with van der Waals surface area (Å²) in [6.45, 7) is 15.6. The molecule has 0 unspecified atom stereocenters. The van der Waals surface area contributed by atoms with Crippen LogP contribution in [0.25, 0.3) is 0 Å². The zero-order valence-corrected chi connectivity index (χ0v) is 39.4. The second kappa shape index (κ2) is 27.5. The van der Waals surface area contributed by atoms with Gasteiger partial charge in [0.1, 0.15) is 23.1 Å². The Morgan fingerprint density at radius 2 is 0.848 bits per heavy atom. The van der Waals surface area contributed by atoms with Crippen molar-refractivity contribution in [2.24, 2.45) is 11.8 Å². The third kappa shape index (κ3) is 19.7. The second-order valence-electron chi connectivity index (χ2n) is 17.9. The van der Waals surface area contributed by atoms with Crippen LogP contribution in [0.2, 0.25) is 0 Å². The summed E-state index contributed by atoms with van der Waals surface area (Å²) in [5.74, 6) is 2.11. The summed E-state index contributed by atoms with van der Waals surface area (Å²) in [5.41, 5.74) is 3.91. The second-order valence-corrected chi connectivity index (χ2v) is 17.9. The molecular formula is C51H70F2N6O7. The van der Waals surface area contributed by atoms with Crippen LogP contribution < -0.4 is 20.1 Å². The Balaban J connectivity index is 0.000000267. The number of piperidine rings is 2. The van der Waals surface area contributed by atoms with Crippen molar-refractivity contribution < 1.29 is 42.9 Å². The molecule has 13 nitrogen and oxygen atoms in total. The number of rotatable bonds is 16. The first-order valence-corrected chi connectivity index (χ1v) is 22.8. The largest absolute Gasteiger partial charge is 0.503 e. The maximum absolute atomic E-state index is 13.3. The molecule has 4 aromatic carbocycles. The molecule has 2 aliphatic rings. The van der Waals surface area contributed by atoms with Gasteiger partial charge >= 0.3 is 18.2 Å². The highest BCUT2D eigenvalue weighted by molar-refractivity contribution is 5.75. The summed E-state index contributed by atoms with van der Waals surface area (Å²) < 4.78 is 38.0. The number of carboxylic acid groups (broad SMARTS) is 2. The zero-order valence-electron chi connectivity index (χ0n) is 39.4. The number of benzene rings is 4. The van der Waals surface area contributed by atoms with E-state index in [1.54, 1.807) is 24.3 Å². The normalized spacial score (nSPS) is 14.6. The summed E-state index contributed by atoms with van der Waals surface area (Å²) in [5, 5.41) is 20.1. The first kappa shape index (κ1) is 52.7. The minimum absolute atomic E-state index is 0.0842. The van der Waals surface area contributed by atoms with Gasteiger partial charge < -0.3 is 49.9 Å². The molecule has 4 amide bonds. The third-order valence-corrected chi connectivity index (χ3v) is 11.2. The number of ether oxygens (including phenoxy) is 2. The van der Waals surface area contributed by atoms with Gasteiger partial charge in [0.05, 0.1) is 13.2 Å². The van der Waals surface area contributed by atoms with Crippen molar-refractivity contribution in [3.05, 3.63) is 131 Å². The standard InChI is InChI=1S/2C25H34FN3O2.CH2O3/c2*1-19(2)18-31-24-10-6-20(7-11-24)16-27-25(30)29(23-12-14-28(3)15-13-23)17-21-4-8-22(26)9-5-21;2-1(3)4/h2*4-11,19,23H,12-18H2,1-3H3,(H,27,30);(H2,2,3,4). The molecule has 6 rings (SSSR count). The van der Waals surface area contributed by atoms with Crippen LogP contribution in [0.5, 0.6) is 11.5 Å². The first-order chi connectivity index (χ1) is 31.5. The monoisotopic (exact) mass is 917 g/mol. The number of carbonyl (C=O) groups excluding carboxylic acids is 2. The van der Waals surface area contributed by atoms with Crippen LogP contribution in [-0.2, 0) is 26.2 Å². The summed E-state index contributed by atoms with van der Waals surface area (Å²) in [7, 11) is 4.21. The number of hydrogen-bond donors (Lipinski definition) is 4. The fourth-order valence-electron chi connectivity index (χ4n) is 7.41. The fourth-order valence-corrected chi connectivity index (χ4v) is 7.41. The highest BCUT2D eigenvalue weighted by Gasteiger charge is 2.28. The van der Waals surface area contributed by atoms with Gasteiger partial charge in [0, 0.05) is 38.3 Å². The fraction of sp³-hybridized carbons (Fsp3) is 0.471. The molecule has 0 atom stereocenters. The van der Waals surface area contributed by atoms with Gasteiger partial charge in [0.2, 0.25) is 0 Å². The predicted octanol–water partition coefficient (Wildman–Crippen LogP) is 9.56. The summed E-state index contributed by atoms with van der Waals surface area (Å²) in [6, 6.07) is 28.7. The van der Waals surface area contributed by atoms with E-state index in [1.165, 1.54) is 24.3 Å². The number of nitrogens with one attached hydrogen (secondary N) is 2. The van der Waals surface area contributed by atoms with Crippen molar-refractivity contribution in [2.45, 2.75) is 91.6 Å². The summed E-state index contributed by atoms with van der Waals surface area (Å²) in [6.07, 6.45) is 1.92. The Hall–Kier alpha value is -5.93. The topological polar surface area (TPSA) is 147 Å². The number of carbonyl (C=O) groups is 3. The van der Waals surface area contributed by atoms with E-state index in [4.69, 9.17) is 24.5 Å². The van der Waals surface area contributed by atoms with Crippen molar-refractivity contribution >= 4 is 18.2 Å². The molecule has 0 saturated carbocycles. The molecule has 0 aliphatic carbocycles. The maximum Gasteiger partial charge on any atom is 0.503 e. The Morgan fingerprint density at radius 1 is 0.561 bits per heavy atom. The summed E-state index contributed by atoms with van der Waals surface area (Å²) in [4.78, 5) is 43.2. The Bertz CT molecular complexity index is 1880. The molecule has 2 aliphatic heterocycles. The third-order valence-electron chi connectivity index (χ3n) is 11.2. The van der Waals surface area contributed by atoms with Gasteiger partial charge in [-0.2, -0.15) is 0 Å². The van der Waals surface area contributed by atoms with E-state index in [1.807, 2.05) is 58.3 Å². The minimum Gasteiger partial charge on any atom is -0.493 e. The highest BCUT2D eigenvalue weighted by Crippen LogP contribution is 2.22. The van der Waals surface area contributed by atoms with E-state index in [9.17, 15) is 18.4 Å². The van der Waals surface area contributed by atoms with E-state index >= 15 is 0 Å². The van der Waals surface area contributed by atoms with E-state index in [-0.39, 0.29) is 35.8 Å². The highest BCUT2D eigenvalue weighted by atomic mass is 19.1. The number of likely N-dealkylation sites (tertiary alicyclic amines) is 2. The number of nitrogens with zero attached hydrogens (tertiary/aromatic N) is 4. The van der Waals surface area contributed by atoms with Crippen LogP contribution in [-0.4, -0.2) is 114 Å². The SMILES string of the molecule is CC(C)COc1ccc(CNC(=O)N(Cc2ccc(F)cc2)C2CCN(C)CC2)cc1.CC(C)COc1ccc(CNC(=O)N(Cc2ccc(F)cc2)C2CCN(C)CC2)cc1.O=C(O)O. The van der Waals surface area contributed by atoms with Gasteiger partial charge in [0.25, 0.3) is 0 Å². The Morgan fingerprint density at radius 3 is 1.14 bits per heavy atom. The molecule has 0 radical (unpaired) electrons. The number of hydrogen-bond acceptors (Lipinski definition) is 7. The molecule has 66 heavy (non-hydrogen) atoms. The van der Waals surface area contributed by atoms with Crippen molar-refractivity contribution in [1.29, 1.82) is 0 Å². The van der Waals surface area contributed by atoms with E-state index in [0.29, 0.717) is 51.2 Å². The lowest BCUT2D eigenvalue weighted by Gasteiger charge is -2.37. The molecule has 2 fully saturated rings. The average Bonchev–Trinajstić information content (AvgIpc) is 3.29. The molecule has 0 aromatic heterocycles. The lowest BCUT2D eigenvalue weighted by molar-refractivity contribution is 0.126. The van der Waals surface area contributed by atoms with Gasteiger partial charge in [-0.05, 0) is 149 Å². The summed E-state index contributed by atoms with van der Waals surface area (Å²) >= 11 is 0. The van der Waals surface area contributed by atoms with Gasteiger partial charge in [-0.3, -0.25) is 0 Å². The van der Waals surface area contributed by atoms with Crippen molar-refractivity contribution in [3.63, 3.8) is 0 Å². The zero-order chi connectivity index (χ0) is 48.0. The van der Waals surface area contributed by atoms with E-state index < -0.39 is 6.16 Å². The Labute approximate surface area is 389 Å². The van der Waals surface area contributed by atoms with Crippen LogP contribution in [0.15, 0.2) is 97.1 Å². The molecule has 360 valence electrons. The lowest BCUT2D eigenvalue weighted by Crippen LogP contribution is -2.49. The molecule has 15 heteroatoms. The number of halogens is 2. The molecule has 0 bridgehead atoms. The smallest absolute Gasteiger partial charge is 0.493 e. The van der Waals surface area contributed by atoms with Crippen LogP contribution in [0.3, 0.4) is 0 Å². The van der Waals surface area contributed by atoms with Crippen LogP contribution in [0.4, 0.5) is 23.2 Å². The number of amides is 4. The van der Waals surface area contributed by atoms with Gasteiger partial charge in [0.15, 0.2) is 0 Å². The Kier molecular flexibility index (Phi) is 22.0. The number of urea groups is 2. The van der Waals surface area contributed by atoms with Crippen molar-refractivity contribution in [2.75, 3.05) is 53.5 Å². The van der Waals surface area contributed by atoms with Gasteiger partial charge in [-0.1, -0.05) is 76.2 Å². The van der Waals surface area contributed by atoms with Gasteiger partial charge in [-0.15, -0.1) is 0 Å². The lowest BCUT2D eigenvalue weighted by atomic mass is 10.0. The van der Waals surface area contributed by atoms with Gasteiger partial charge in [-0.25, -0.2) is 23.2 Å². The van der Waals surface area contributed by atoms with E-state index in [0.717, 1.165) is 85.6 Å². The first-order valence-electron chi connectivity index (χ1n) is 22.8. The molecule has 4 aromatic rings. The minimum atomic E-state index is -1.83. The molecule has 0 spiro atoms. The van der Waals surface area contributed by atoms with Crippen LogP contribution in [0, 0.1) is 23.5 Å². The maximum atomic E-state index is 13.3. The molecule has 4 N–H and O–H groups in total. The van der Waals surface area contributed by atoms with Crippen LogP contribution in [0.1, 0.15) is 75.6 Å².